The third-order valence-corrected chi connectivity index (χ3v) is 3.53. The number of rotatable bonds is 2. The van der Waals surface area contributed by atoms with E-state index in [4.69, 9.17) is 11.6 Å². The second-order valence-corrected chi connectivity index (χ2v) is 5.31. The third-order valence-electron chi connectivity index (χ3n) is 3.30. The van der Waals surface area contributed by atoms with Crippen molar-refractivity contribution in [2.24, 2.45) is 0 Å². The molecule has 0 radical (unpaired) electrons. The lowest BCUT2D eigenvalue weighted by Crippen LogP contribution is -2.33. The zero-order valence-corrected chi connectivity index (χ0v) is 11.9. The summed E-state index contributed by atoms with van der Waals surface area (Å²) in [6.45, 7) is 3.64. The standard InChI is InChI=1S/C15H19ClN2O/c1-17-8-3-9-18(11-10-17)15(19)7-6-13-4-2-5-14(16)12-13/h2,4-7,12H,3,8-11H2,1H3/b7-6+. The molecular formula is C15H19ClN2O. The van der Waals surface area contributed by atoms with Crippen LogP contribution < -0.4 is 0 Å². The van der Waals surface area contributed by atoms with Crippen LogP contribution in [0.5, 0.6) is 0 Å². The molecule has 0 N–H and O–H groups in total. The summed E-state index contributed by atoms with van der Waals surface area (Å²) in [5.41, 5.74) is 0.952. The lowest BCUT2D eigenvalue weighted by molar-refractivity contribution is -0.125. The van der Waals surface area contributed by atoms with Crippen LogP contribution in [-0.4, -0.2) is 48.9 Å². The summed E-state index contributed by atoms with van der Waals surface area (Å²) in [5, 5.41) is 0.686. The van der Waals surface area contributed by atoms with Gasteiger partial charge in [0.15, 0.2) is 0 Å². The van der Waals surface area contributed by atoms with E-state index in [2.05, 4.69) is 11.9 Å². The fourth-order valence-electron chi connectivity index (χ4n) is 2.15. The maximum atomic E-state index is 12.1. The Morgan fingerprint density at radius 1 is 1.26 bits per heavy atom. The number of amides is 1. The van der Waals surface area contributed by atoms with Gasteiger partial charge in [0.1, 0.15) is 0 Å². The van der Waals surface area contributed by atoms with E-state index in [9.17, 15) is 4.79 Å². The number of likely N-dealkylation sites (N-methyl/N-ethyl adjacent to an activating group) is 1. The van der Waals surface area contributed by atoms with Crippen molar-refractivity contribution in [2.75, 3.05) is 33.2 Å². The number of benzene rings is 1. The van der Waals surface area contributed by atoms with Gasteiger partial charge in [-0.3, -0.25) is 4.79 Å². The summed E-state index contributed by atoms with van der Waals surface area (Å²) in [5.74, 6) is 0.0790. The van der Waals surface area contributed by atoms with Crippen molar-refractivity contribution >= 4 is 23.6 Å². The summed E-state index contributed by atoms with van der Waals surface area (Å²) >= 11 is 5.91. The van der Waals surface area contributed by atoms with Crippen LogP contribution in [0.1, 0.15) is 12.0 Å². The molecule has 0 bridgehead atoms. The molecule has 4 heteroatoms. The molecule has 1 aliphatic rings. The lowest BCUT2D eigenvalue weighted by Gasteiger charge is -2.18. The molecule has 0 spiro atoms. The minimum Gasteiger partial charge on any atom is -0.338 e. The zero-order chi connectivity index (χ0) is 13.7. The monoisotopic (exact) mass is 278 g/mol. The maximum absolute atomic E-state index is 12.1. The van der Waals surface area contributed by atoms with Gasteiger partial charge in [0.25, 0.3) is 0 Å². The first-order valence-corrected chi connectivity index (χ1v) is 6.94. The summed E-state index contributed by atoms with van der Waals surface area (Å²) in [7, 11) is 2.09. The van der Waals surface area contributed by atoms with E-state index in [1.165, 1.54) is 0 Å². The van der Waals surface area contributed by atoms with Gasteiger partial charge in [-0.15, -0.1) is 0 Å². The van der Waals surface area contributed by atoms with Crippen molar-refractivity contribution in [3.05, 3.63) is 40.9 Å². The fraction of sp³-hybridized carbons (Fsp3) is 0.400. The first-order chi connectivity index (χ1) is 9.15. The number of hydrogen-bond acceptors (Lipinski definition) is 2. The van der Waals surface area contributed by atoms with Crippen LogP contribution in [0, 0.1) is 0 Å². The molecule has 0 atom stereocenters. The SMILES string of the molecule is CN1CCCN(C(=O)/C=C/c2cccc(Cl)c2)CC1. The van der Waals surface area contributed by atoms with Gasteiger partial charge in [0.05, 0.1) is 0 Å². The van der Waals surface area contributed by atoms with E-state index in [-0.39, 0.29) is 5.91 Å². The van der Waals surface area contributed by atoms with Crippen LogP contribution in [0.15, 0.2) is 30.3 Å². The van der Waals surface area contributed by atoms with Gasteiger partial charge in [-0.25, -0.2) is 0 Å². The smallest absolute Gasteiger partial charge is 0.246 e. The molecule has 19 heavy (non-hydrogen) atoms. The highest BCUT2D eigenvalue weighted by Gasteiger charge is 2.14. The average Bonchev–Trinajstić information content (AvgIpc) is 2.61. The summed E-state index contributed by atoms with van der Waals surface area (Å²) in [6, 6.07) is 7.49. The first-order valence-electron chi connectivity index (χ1n) is 6.56. The van der Waals surface area contributed by atoms with Crippen LogP contribution in [0.3, 0.4) is 0 Å². The third kappa shape index (κ3) is 4.37. The van der Waals surface area contributed by atoms with Crippen molar-refractivity contribution in [2.45, 2.75) is 6.42 Å². The van der Waals surface area contributed by atoms with Crippen molar-refractivity contribution < 1.29 is 4.79 Å². The second kappa shape index (κ2) is 6.73. The molecule has 1 heterocycles. The minimum atomic E-state index is 0.0790. The molecule has 2 rings (SSSR count). The summed E-state index contributed by atoms with van der Waals surface area (Å²) in [4.78, 5) is 16.3. The predicted molar refractivity (Wildman–Crippen MR) is 79.2 cm³/mol. The topological polar surface area (TPSA) is 23.6 Å². The van der Waals surface area contributed by atoms with E-state index in [1.54, 1.807) is 6.08 Å². The number of hydrogen-bond donors (Lipinski definition) is 0. The fourth-order valence-corrected chi connectivity index (χ4v) is 2.35. The molecule has 1 saturated heterocycles. The van der Waals surface area contributed by atoms with E-state index < -0.39 is 0 Å². The largest absolute Gasteiger partial charge is 0.338 e. The number of halogens is 1. The van der Waals surface area contributed by atoms with Gasteiger partial charge in [0.2, 0.25) is 5.91 Å². The van der Waals surface area contributed by atoms with Gasteiger partial charge in [-0.2, -0.15) is 0 Å². The quantitative estimate of drug-likeness (QED) is 0.776. The Bertz CT molecular complexity index is 473. The Kier molecular flexibility index (Phi) is 5.00. The normalized spacial score (nSPS) is 17.7. The van der Waals surface area contributed by atoms with Crippen molar-refractivity contribution in [1.29, 1.82) is 0 Å². The molecule has 102 valence electrons. The molecule has 0 aromatic heterocycles. The number of carbonyl (C=O) groups excluding carboxylic acids is 1. The Balaban J connectivity index is 1.96. The minimum absolute atomic E-state index is 0.0790. The number of nitrogens with zero attached hydrogens (tertiary/aromatic N) is 2. The highest BCUT2D eigenvalue weighted by Crippen LogP contribution is 2.12. The van der Waals surface area contributed by atoms with E-state index >= 15 is 0 Å². The van der Waals surface area contributed by atoms with E-state index in [0.29, 0.717) is 5.02 Å². The molecule has 1 amide bonds. The van der Waals surface area contributed by atoms with Crippen molar-refractivity contribution in [3.8, 4) is 0 Å². The van der Waals surface area contributed by atoms with E-state index in [1.807, 2.05) is 35.2 Å². The predicted octanol–water partition coefficient (Wildman–Crippen LogP) is 2.52. The van der Waals surface area contributed by atoms with Crippen molar-refractivity contribution in [1.82, 2.24) is 9.80 Å². The summed E-state index contributed by atoms with van der Waals surface area (Å²) in [6.07, 6.45) is 4.49. The molecule has 1 aliphatic heterocycles. The van der Waals surface area contributed by atoms with Gasteiger partial charge in [-0.1, -0.05) is 23.7 Å². The second-order valence-electron chi connectivity index (χ2n) is 4.87. The van der Waals surface area contributed by atoms with E-state index in [0.717, 1.165) is 38.2 Å². The first kappa shape index (κ1) is 14.1. The van der Waals surface area contributed by atoms with Crippen molar-refractivity contribution in [3.63, 3.8) is 0 Å². The van der Waals surface area contributed by atoms with Crippen LogP contribution >= 0.6 is 11.6 Å². The number of carbonyl (C=O) groups is 1. The molecule has 1 aromatic carbocycles. The van der Waals surface area contributed by atoms with Crippen LogP contribution in [-0.2, 0) is 4.79 Å². The Morgan fingerprint density at radius 2 is 2.11 bits per heavy atom. The van der Waals surface area contributed by atoms with Crippen LogP contribution in [0.4, 0.5) is 0 Å². The van der Waals surface area contributed by atoms with Gasteiger partial charge in [0, 0.05) is 30.7 Å². The molecule has 1 aromatic rings. The summed E-state index contributed by atoms with van der Waals surface area (Å²) < 4.78 is 0. The molecule has 0 saturated carbocycles. The maximum Gasteiger partial charge on any atom is 0.246 e. The molecule has 1 fully saturated rings. The van der Waals surface area contributed by atoms with Crippen LogP contribution in [0.2, 0.25) is 5.02 Å². The molecule has 0 aliphatic carbocycles. The average molecular weight is 279 g/mol. The highest BCUT2D eigenvalue weighted by molar-refractivity contribution is 6.30. The lowest BCUT2D eigenvalue weighted by atomic mass is 10.2. The Hall–Kier alpha value is -1.32. The van der Waals surface area contributed by atoms with Crippen LogP contribution in [0.25, 0.3) is 6.08 Å². The molecule has 0 unspecified atom stereocenters. The van der Waals surface area contributed by atoms with Gasteiger partial charge >= 0.3 is 0 Å². The van der Waals surface area contributed by atoms with Gasteiger partial charge < -0.3 is 9.80 Å². The Labute approximate surface area is 119 Å². The zero-order valence-electron chi connectivity index (χ0n) is 11.2. The molecular weight excluding hydrogens is 260 g/mol. The Morgan fingerprint density at radius 3 is 2.89 bits per heavy atom. The van der Waals surface area contributed by atoms with Gasteiger partial charge in [-0.05, 0) is 43.8 Å². The molecule has 3 nitrogen and oxygen atoms in total. The highest BCUT2D eigenvalue weighted by atomic mass is 35.5.